The fourth-order valence-corrected chi connectivity index (χ4v) is 1.61. The quantitative estimate of drug-likeness (QED) is 0.703. The highest BCUT2D eigenvalue weighted by Crippen LogP contribution is 2.11. The van der Waals surface area contributed by atoms with Gasteiger partial charge in [-0.15, -0.1) is 6.58 Å². The van der Waals surface area contributed by atoms with Gasteiger partial charge in [0.25, 0.3) is 0 Å². The average molecular weight is 234 g/mol. The van der Waals surface area contributed by atoms with Gasteiger partial charge < -0.3 is 9.84 Å². The van der Waals surface area contributed by atoms with Gasteiger partial charge >= 0.3 is 5.97 Å². The molecule has 92 valence electrons. The van der Waals surface area contributed by atoms with Crippen LogP contribution in [-0.4, -0.2) is 17.7 Å². The second kappa shape index (κ2) is 7.63. The zero-order chi connectivity index (χ0) is 12.5. The minimum absolute atomic E-state index is 0.00807. The third-order valence-corrected chi connectivity index (χ3v) is 2.43. The zero-order valence-electron chi connectivity index (χ0n) is 9.84. The predicted octanol–water partition coefficient (Wildman–Crippen LogP) is 2.87. The van der Waals surface area contributed by atoms with Crippen LogP contribution in [0.2, 0.25) is 0 Å². The number of rotatable bonds is 8. The zero-order valence-corrected chi connectivity index (χ0v) is 9.84. The van der Waals surface area contributed by atoms with E-state index < -0.39 is 5.97 Å². The molecule has 0 fully saturated rings. The average Bonchev–Trinajstić information content (AvgIpc) is 2.30. The molecule has 0 aliphatic heterocycles. The van der Waals surface area contributed by atoms with Gasteiger partial charge in [0.2, 0.25) is 0 Å². The van der Waals surface area contributed by atoms with Crippen molar-refractivity contribution in [1.82, 2.24) is 0 Å². The Balaban J connectivity index is 2.31. The molecule has 0 bridgehead atoms. The topological polar surface area (TPSA) is 46.5 Å². The number of benzene rings is 1. The third-order valence-electron chi connectivity index (χ3n) is 2.43. The van der Waals surface area contributed by atoms with E-state index in [4.69, 9.17) is 9.84 Å². The smallest absolute Gasteiger partial charge is 0.303 e. The molecule has 3 heteroatoms. The van der Waals surface area contributed by atoms with Crippen LogP contribution in [0.25, 0.3) is 0 Å². The molecule has 0 saturated carbocycles. The van der Waals surface area contributed by atoms with Crippen LogP contribution in [0.15, 0.2) is 43.0 Å². The molecule has 1 atom stereocenters. The number of hydrogen-bond acceptors (Lipinski definition) is 2. The molecule has 1 aromatic carbocycles. The summed E-state index contributed by atoms with van der Waals surface area (Å²) in [6.45, 7) is 4.60. The Morgan fingerprint density at radius 1 is 1.41 bits per heavy atom. The highest BCUT2D eigenvalue weighted by molar-refractivity contribution is 5.67. The van der Waals surface area contributed by atoms with E-state index in [-0.39, 0.29) is 12.3 Å². The molecule has 0 heterocycles. The van der Waals surface area contributed by atoms with Crippen molar-refractivity contribution in [1.29, 1.82) is 0 Å². The van der Waals surface area contributed by atoms with Gasteiger partial charge in [0.1, 0.15) is 0 Å². The van der Waals surface area contributed by atoms with E-state index in [1.807, 2.05) is 30.3 Å². The molecule has 0 unspecified atom stereocenters. The maximum atomic E-state index is 10.6. The molecule has 1 aromatic rings. The number of carboxylic acids is 1. The first-order chi connectivity index (χ1) is 8.22. The monoisotopic (exact) mass is 234 g/mol. The van der Waals surface area contributed by atoms with Gasteiger partial charge in [-0.25, -0.2) is 0 Å². The lowest BCUT2D eigenvalue weighted by atomic mass is 10.0. The molecule has 0 aliphatic rings. The van der Waals surface area contributed by atoms with Gasteiger partial charge in [-0.05, 0) is 17.9 Å². The van der Waals surface area contributed by atoms with Crippen LogP contribution in [0.1, 0.15) is 18.4 Å². The van der Waals surface area contributed by atoms with Gasteiger partial charge in [-0.3, -0.25) is 4.79 Å². The van der Waals surface area contributed by atoms with Gasteiger partial charge in [0.05, 0.1) is 19.6 Å². The van der Waals surface area contributed by atoms with Crippen molar-refractivity contribution < 1.29 is 14.6 Å². The molecule has 1 rings (SSSR count). The Bertz CT molecular complexity index is 346. The first-order valence-corrected chi connectivity index (χ1v) is 5.66. The highest BCUT2D eigenvalue weighted by Gasteiger charge is 2.11. The van der Waals surface area contributed by atoms with Crippen molar-refractivity contribution in [3.05, 3.63) is 48.6 Å². The molecule has 0 amide bonds. The molecule has 1 N–H and O–H groups in total. The second-order valence-corrected chi connectivity index (χ2v) is 3.99. The summed E-state index contributed by atoms with van der Waals surface area (Å²) in [4.78, 5) is 10.6. The van der Waals surface area contributed by atoms with Crippen molar-refractivity contribution in [2.75, 3.05) is 6.61 Å². The van der Waals surface area contributed by atoms with E-state index in [0.29, 0.717) is 19.6 Å². The molecule has 3 nitrogen and oxygen atoms in total. The number of aliphatic carboxylic acids is 1. The van der Waals surface area contributed by atoms with Crippen molar-refractivity contribution in [3.8, 4) is 0 Å². The highest BCUT2D eigenvalue weighted by atomic mass is 16.5. The first-order valence-electron chi connectivity index (χ1n) is 5.66. The largest absolute Gasteiger partial charge is 0.481 e. The van der Waals surface area contributed by atoms with E-state index in [9.17, 15) is 4.79 Å². The van der Waals surface area contributed by atoms with Gasteiger partial charge in [0, 0.05) is 0 Å². The minimum Gasteiger partial charge on any atom is -0.481 e. The molecule has 0 aliphatic carbocycles. The van der Waals surface area contributed by atoms with E-state index in [1.54, 1.807) is 6.08 Å². The van der Waals surface area contributed by atoms with Crippen LogP contribution in [0.3, 0.4) is 0 Å². The van der Waals surface area contributed by atoms with Crippen LogP contribution < -0.4 is 0 Å². The maximum absolute atomic E-state index is 10.6. The van der Waals surface area contributed by atoms with Crippen LogP contribution in [0, 0.1) is 5.92 Å². The Kier molecular flexibility index (Phi) is 6.04. The summed E-state index contributed by atoms with van der Waals surface area (Å²) < 4.78 is 5.52. The Morgan fingerprint density at radius 3 is 2.71 bits per heavy atom. The fourth-order valence-electron chi connectivity index (χ4n) is 1.61. The summed E-state index contributed by atoms with van der Waals surface area (Å²) in [5, 5.41) is 8.74. The van der Waals surface area contributed by atoms with Crippen molar-refractivity contribution in [3.63, 3.8) is 0 Å². The summed E-state index contributed by atoms with van der Waals surface area (Å²) in [7, 11) is 0. The lowest BCUT2D eigenvalue weighted by molar-refractivity contribution is -0.138. The summed E-state index contributed by atoms with van der Waals surface area (Å²) in [6, 6.07) is 9.84. The van der Waals surface area contributed by atoms with Crippen molar-refractivity contribution in [2.24, 2.45) is 5.92 Å². The normalized spacial score (nSPS) is 12.0. The Hall–Kier alpha value is -1.61. The molecule has 0 spiro atoms. The lowest BCUT2D eigenvalue weighted by Gasteiger charge is -2.13. The molecular formula is C14H18O3. The fraction of sp³-hybridized carbons (Fsp3) is 0.357. The Labute approximate surface area is 102 Å². The van der Waals surface area contributed by atoms with Crippen molar-refractivity contribution >= 4 is 5.97 Å². The maximum Gasteiger partial charge on any atom is 0.303 e. The Morgan fingerprint density at radius 2 is 2.12 bits per heavy atom. The summed E-state index contributed by atoms with van der Waals surface area (Å²) in [5.74, 6) is -0.783. The van der Waals surface area contributed by atoms with Gasteiger partial charge in [-0.1, -0.05) is 36.4 Å². The predicted molar refractivity (Wildman–Crippen MR) is 66.7 cm³/mol. The van der Waals surface area contributed by atoms with E-state index >= 15 is 0 Å². The van der Waals surface area contributed by atoms with E-state index in [2.05, 4.69) is 6.58 Å². The summed E-state index contributed by atoms with van der Waals surface area (Å²) in [6.07, 6.45) is 2.53. The number of allylic oxidation sites excluding steroid dienone is 1. The molecule has 17 heavy (non-hydrogen) atoms. The number of carboxylic acid groups (broad SMARTS) is 1. The number of hydrogen-bond donors (Lipinski definition) is 1. The standard InChI is InChI=1S/C14H18O3/c1-2-6-13(9-14(15)16)11-17-10-12-7-4-3-5-8-12/h2-5,7-8,13H,1,6,9-11H2,(H,15,16)/t13-/m0/s1. The van der Waals surface area contributed by atoms with Gasteiger partial charge in [-0.2, -0.15) is 0 Å². The minimum atomic E-state index is -0.792. The van der Waals surface area contributed by atoms with Crippen LogP contribution in [0.5, 0.6) is 0 Å². The number of ether oxygens (including phenoxy) is 1. The second-order valence-electron chi connectivity index (χ2n) is 3.99. The molecule has 0 saturated heterocycles. The van der Waals surface area contributed by atoms with Crippen LogP contribution in [0.4, 0.5) is 0 Å². The van der Waals surface area contributed by atoms with Gasteiger partial charge in [0.15, 0.2) is 0 Å². The molecule has 0 radical (unpaired) electrons. The van der Waals surface area contributed by atoms with E-state index in [1.165, 1.54) is 0 Å². The molecular weight excluding hydrogens is 216 g/mol. The SMILES string of the molecule is C=CC[C@H](COCc1ccccc1)CC(=O)O. The third kappa shape index (κ3) is 5.88. The van der Waals surface area contributed by atoms with Crippen LogP contribution >= 0.6 is 0 Å². The van der Waals surface area contributed by atoms with Crippen LogP contribution in [-0.2, 0) is 16.1 Å². The molecule has 0 aromatic heterocycles. The first kappa shape index (κ1) is 13.5. The van der Waals surface area contributed by atoms with Crippen molar-refractivity contribution in [2.45, 2.75) is 19.4 Å². The van der Waals surface area contributed by atoms with E-state index in [0.717, 1.165) is 5.56 Å². The summed E-state index contributed by atoms with van der Waals surface area (Å²) >= 11 is 0. The summed E-state index contributed by atoms with van der Waals surface area (Å²) in [5.41, 5.74) is 1.10. The lowest BCUT2D eigenvalue weighted by Crippen LogP contribution is -2.13. The number of carbonyl (C=O) groups is 1.